The fraction of sp³-hybridized carbons (Fsp3) is 0.188. The summed E-state index contributed by atoms with van der Waals surface area (Å²) in [4.78, 5) is 12.1. The molecule has 0 bridgehead atoms. The van der Waals surface area contributed by atoms with Gasteiger partial charge in [0, 0.05) is 17.1 Å². The largest absolute Gasteiger partial charge is 0.322 e. The lowest BCUT2D eigenvalue weighted by Crippen LogP contribution is -2.12. The first-order valence-electron chi connectivity index (χ1n) is 6.51. The molecule has 0 aliphatic carbocycles. The van der Waals surface area contributed by atoms with Crippen molar-refractivity contribution < 1.29 is 9.18 Å². The van der Waals surface area contributed by atoms with Gasteiger partial charge < -0.3 is 5.32 Å². The molecule has 2 rings (SSSR count). The van der Waals surface area contributed by atoms with E-state index in [2.05, 4.69) is 21.2 Å². The summed E-state index contributed by atoms with van der Waals surface area (Å²) in [6.45, 7) is 0. The van der Waals surface area contributed by atoms with Crippen LogP contribution in [0.15, 0.2) is 46.9 Å². The molecule has 1 N–H and O–H groups in total. The van der Waals surface area contributed by atoms with Gasteiger partial charge in [-0.2, -0.15) is 0 Å². The Kier molecular flexibility index (Phi) is 5.76. The molecule has 0 fully saturated rings. The molecule has 0 spiro atoms. The van der Waals surface area contributed by atoms with Crippen LogP contribution in [0.4, 0.5) is 10.1 Å². The van der Waals surface area contributed by atoms with Crippen molar-refractivity contribution in [2.24, 2.45) is 0 Å². The van der Waals surface area contributed by atoms with E-state index in [4.69, 9.17) is 11.6 Å². The van der Waals surface area contributed by atoms with Gasteiger partial charge in [0.25, 0.3) is 5.91 Å². The van der Waals surface area contributed by atoms with Crippen LogP contribution in [-0.4, -0.2) is 11.8 Å². The summed E-state index contributed by atoms with van der Waals surface area (Å²) in [7, 11) is 0. The summed E-state index contributed by atoms with van der Waals surface area (Å²) < 4.78 is 13.4. The number of benzene rings is 2. The van der Waals surface area contributed by atoms with E-state index >= 15 is 0 Å². The number of amides is 1. The number of rotatable bonds is 5. The van der Waals surface area contributed by atoms with Gasteiger partial charge in [0.1, 0.15) is 5.82 Å². The number of aryl methyl sites for hydroxylation is 1. The van der Waals surface area contributed by atoms with E-state index in [1.54, 1.807) is 0 Å². The van der Waals surface area contributed by atoms with Gasteiger partial charge >= 0.3 is 0 Å². The smallest absolute Gasteiger partial charge is 0.255 e. The normalized spacial score (nSPS) is 10.4. The molecule has 0 aliphatic heterocycles. The van der Waals surface area contributed by atoms with E-state index in [0.29, 0.717) is 17.1 Å². The zero-order chi connectivity index (χ0) is 15.2. The van der Waals surface area contributed by atoms with Gasteiger partial charge in [-0.1, -0.05) is 12.1 Å². The number of alkyl halides is 1. The molecule has 0 atom stereocenters. The van der Waals surface area contributed by atoms with Gasteiger partial charge in [-0.3, -0.25) is 4.79 Å². The molecule has 5 heteroatoms. The predicted octanol–water partition coefficient (Wildman–Crippen LogP) is 5.01. The summed E-state index contributed by atoms with van der Waals surface area (Å²) >= 11 is 8.75. The minimum atomic E-state index is -0.394. The molecule has 0 unspecified atom stereocenters. The van der Waals surface area contributed by atoms with Crippen molar-refractivity contribution in [2.45, 2.75) is 12.8 Å². The molecule has 0 aliphatic rings. The maximum Gasteiger partial charge on any atom is 0.255 e. The lowest BCUT2D eigenvalue weighted by atomic mass is 10.1. The first kappa shape index (κ1) is 16.0. The highest BCUT2D eigenvalue weighted by atomic mass is 79.9. The van der Waals surface area contributed by atoms with Crippen LogP contribution in [0, 0.1) is 5.82 Å². The Balaban J connectivity index is 2.10. The lowest BCUT2D eigenvalue weighted by Gasteiger charge is -2.08. The van der Waals surface area contributed by atoms with Gasteiger partial charge in [0.05, 0.1) is 4.47 Å². The second kappa shape index (κ2) is 7.57. The Morgan fingerprint density at radius 3 is 2.76 bits per heavy atom. The Morgan fingerprint density at radius 1 is 1.24 bits per heavy atom. The van der Waals surface area contributed by atoms with E-state index in [0.717, 1.165) is 18.4 Å². The van der Waals surface area contributed by atoms with Crippen LogP contribution in [-0.2, 0) is 6.42 Å². The van der Waals surface area contributed by atoms with Crippen LogP contribution in [0.2, 0.25) is 0 Å². The fourth-order valence-corrected chi connectivity index (χ4v) is 2.43. The van der Waals surface area contributed by atoms with Gasteiger partial charge in [-0.15, -0.1) is 11.6 Å². The van der Waals surface area contributed by atoms with Gasteiger partial charge in [-0.05, 0) is 64.7 Å². The van der Waals surface area contributed by atoms with Crippen LogP contribution < -0.4 is 5.32 Å². The summed E-state index contributed by atoms with van der Waals surface area (Å²) in [5, 5.41) is 2.81. The Bertz CT molecular complexity index is 648. The highest BCUT2D eigenvalue weighted by Crippen LogP contribution is 2.18. The fourth-order valence-electron chi connectivity index (χ4n) is 1.92. The molecule has 1 amide bonds. The molecule has 0 saturated heterocycles. The average Bonchev–Trinajstić information content (AvgIpc) is 2.48. The SMILES string of the molecule is O=C(Nc1cccc(CCCCl)c1)c1ccc(F)c(Br)c1. The van der Waals surface area contributed by atoms with Crippen molar-refractivity contribution in [1.29, 1.82) is 0 Å². The van der Waals surface area contributed by atoms with Crippen molar-refractivity contribution in [3.05, 3.63) is 63.9 Å². The number of carbonyl (C=O) groups is 1. The second-order valence-corrected chi connectivity index (χ2v) is 5.81. The first-order valence-corrected chi connectivity index (χ1v) is 7.84. The topological polar surface area (TPSA) is 29.1 Å². The third-order valence-corrected chi connectivity index (χ3v) is 3.84. The summed E-state index contributed by atoms with van der Waals surface area (Å²) in [6, 6.07) is 11.8. The molecule has 2 aromatic carbocycles. The molecule has 0 aromatic heterocycles. The van der Waals surface area contributed by atoms with Crippen molar-refractivity contribution in [1.82, 2.24) is 0 Å². The number of hydrogen-bond acceptors (Lipinski definition) is 1. The quantitative estimate of drug-likeness (QED) is 0.736. The van der Waals surface area contributed by atoms with E-state index in [-0.39, 0.29) is 10.4 Å². The van der Waals surface area contributed by atoms with E-state index in [1.165, 1.54) is 18.2 Å². The Hall–Kier alpha value is -1.39. The van der Waals surface area contributed by atoms with Crippen LogP contribution in [0.1, 0.15) is 22.3 Å². The van der Waals surface area contributed by atoms with Crippen molar-refractivity contribution >= 4 is 39.1 Å². The van der Waals surface area contributed by atoms with Crippen molar-refractivity contribution in [3.63, 3.8) is 0 Å². The summed E-state index contributed by atoms with van der Waals surface area (Å²) in [5.41, 5.74) is 2.23. The van der Waals surface area contributed by atoms with Crippen molar-refractivity contribution in [2.75, 3.05) is 11.2 Å². The Morgan fingerprint density at radius 2 is 2.05 bits per heavy atom. The molecule has 110 valence electrons. The second-order valence-electron chi connectivity index (χ2n) is 4.58. The zero-order valence-electron chi connectivity index (χ0n) is 11.2. The summed E-state index contributed by atoms with van der Waals surface area (Å²) in [6.07, 6.45) is 1.76. The lowest BCUT2D eigenvalue weighted by molar-refractivity contribution is 0.102. The van der Waals surface area contributed by atoms with Crippen LogP contribution >= 0.6 is 27.5 Å². The van der Waals surface area contributed by atoms with Crippen molar-refractivity contribution in [3.8, 4) is 0 Å². The highest BCUT2D eigenvalue weighted by Gasteiger charge is 2.09. The number of carbonyl (C=O) groups excluding carboxylic acids is 1. The average molecular weight is 371 g/mol. The van der Waals surface area contributed by atoms with E-state index in [1.807, 2.05) is 24.3 Å². The first-order chi connectivity index (χ1) is 10.1. The number of halogens is 3. The molecule has 21 heavy (non-hydrogen) atoms. The minimum Gasteiger partial charge on any atom is -0.322 e. The van der Waals surface area contributed by atoms with Gasteiger partial charge in [0.15, 0.2) is 0 Å². The maximum atomic E-state index is 13.2. The van der Waals surface area contributed by atoms with Crippen LogP contribution in [0.3, 0.4) is 0 Å². The molecule has 2 nitrogen and oxygen atoms in total. The van der Waals surface area contributed by atoms with Gasteiger partial charge in [-0.25, -0.2) is 4.39 Å². The number of hydrogen-bond donors (Lipinski definition) is 1. The van der Waals surface area contributed by atoms with E-state index < -0.39 is 5.82 Å². The third-order valence-electron chi connectivity index (χ3n) is 2.97. The van der Waals surface area contributed by atoms with Crippen LogP contribution in [0.5, 0.6) is 0 Å². The molecule has 0 saturated carbocycles. The van der Waals surface area contributed by atoms with E-state index in [9.17, 15) is 9.18 Å². The maximum absolute atomic E-state index is 13.2. The number of anilines is 1. The highest BCUT2D eigenvalue weighted by molar-refractivity contribution is 9.10. The molecule has 2 aromatic rings. The summed E-state index contributed by atoms with van der Waals surface area (Å²) in [5.74, 6) is -0.0555. The third kappa shape index (κ3) is 4.55. The monoisotopic (exact) mass is 369 g/mol. The molecule has 0 radical (unpaired) electrons. The standard InChI is InChI=1S/C16H14BrClFNO/c17-14-10-12(6-7-15(14)19)16(21)20-13-5-1-3-11(9-13)4-2-8-18/h1,3,5-7,9-10H,2,4,8H2,(H,20,21). The minimum absolute atomic E-state index is 0.269. The predicted molar refractivity (Wildman–Crippen MR) is 87.5 cm³/mol. The zero-order valence-corrected chi connectivity index (χ0v) is 13.5. The molecule has 0 heterocycles. The Labute approximate surface area is 136 Å². The van der Waals surface area contributed by atoms with Gasteiger partial charge in [0.2, 0.25) is 0 Å². The molecular formula is C16H14BrClFNO. The van der Waals surface area contributed by atoms with Crippen LogP contribution in [0.25, 0.3) is 0 Å². The number of nitrogens with one attached hydrogen (secondary N) is 1. The molecular weight excluding hydrogens is 357 g/mol.